The van der Waals surface area contributed by atoms with Crippen LogP contribution in [0.5, 0.6) is 0 Å². The molecule has 0 aromatic heterocycles. The zero-order valence-corrected chi connectivity index (χ0v) is 15.0. The maximum Gasteiger partial charge on any atom is 0.251 e. The van der Waals surface area contributed by atoms with Crippen LogP contribution in [0.15, 0.2) is 18.2 Å². The third-order valence-electron chi connectivity index (χ3n) is 4.81. The molecule has 1 fully saturated rings. The predicted molar refractivity (Wildman–Crippen MR) is 95.9 cm³/mol. The molecule has 5 nitrogen and oxygen atoms in total. The Morgan fingerprint density at radius 3 is 2.76 bits per heavy atom. The number of hydrogen-bond acceptors (Lipinski definition) is 3. The second-order valence-electron chi connectivity index (χ2n) is 6.86. The van der Waals surface area contributed by atoms with Crippen molar-refractivity contribution in [2.45, 2.75) is 33.1 Å². The molecule has 0 aliphatic carbocycles. The zero-order chi connectivity index (χ0) is 18.2. The average Bonchev–Trinajstić information content (AvgIpc) is 2.61. The van der Waals surface area contributed by atoms with Crippen molar-refractivity contribution in [2.24, 2.45) is 11.8 Å². The molecule has 0 radical (unpaired) electrons. The molecular weight excluding hydrogens is 321 g/mol. The van der Waals surface area contributed by atoms with Gasteiger partial charge in [-0.05, 0) is 62.4 Å². The summed E-state index contributed by atoms with van der Waals surface area (Å²) in [7, 11) is 0. The number of carbonyl (C=O) groups excluding carboxylic acids is 2. The largest absolute Gasteiger partial charge is 0.354 e. The van der Waals surface area contributed by atoms with E-state index in [4.69, 9.17) is 0 Å². The Morgan fingerprint density at radius 1 is 1.32 bits per heavy atom. The topological polar surface area (TPSA) is 70.2 Å². The molecule has 1 aromatic rings. The van der Waals surface area contributed by atoms with Gasteiger partial charge >= 0.3 is 0 Å². The van der Waals surface area contributed by atoms with Gasteiger partial charge in [0.05, 0.1) is 0 Å². The maximum atomic E-state index is 13.5. The zero-order valence-electron chi connectivity index (χ0n) is 15.0. The van der Waals surface area contributed by atoms with Gasteiger partial charge in [0, 0.05) is 25.1 Å². The van der Waals surface area contributed by atoms with Crippen LogP contribution in [0.2, 0.25) is 0 Å². The van der Waals surface area contributed by atoms with Crippen molar-refractivity contribution in [1.82, 2.24) is 16.0 Å². The first-order valence-corrected chi connectivity index (χ1v) is 8.99. The van der Waals surface area contributed by atoms with Gasteiger partial charge in [-0.15, -0.1) is 0 Å². The lowest BCUT2D eigenvalue weighted by Crippen LogP contribution is -2.37. The number of benzene rings is 1. The van der Waals surface area contributed by atoms with Gasteiger partial charge in [-0.25, -0.2) is 4.39 Å². The highest BCUT2D eigenvalue weighted by molar-refractivity contribution is 5.94. The molecule has 0 saturated carbocycles. The van der Waals surface area contributed by atoms with E-state index in [9.17, 15) is 14.0 Å². The van der Waals surface area contributed by atoms with Crippen molar-refractivity contribution in [2.75, 3.05) is 26.2 Å². The first kappa shape index (κ1) is 19.4. The predicted octanol–water partition coefficient (Wildman–Crippen LogP) is 2.01. The second-order valence-corrected chi connectivity index (χ2v) is 6.86. The number of halogens is 1. The summed E-state index contributed by atoms with van der Waals surface area (Å²) in [6, 6.07) is 4.39. The summed E-state index contributed by atoms with van der Waals surface area (Å²) in [4.78, 5) is 23.9. The van der Waals surface area contributed by atoms with E-state index in [0.717, 1.165) is 13.1 Å². The first-order chi connectivity index (χ1) is 12.0. The van der Waals surface area contributed by atoms with Gasteiger partial charge in [-0.2, -0.15) is 0 Å². The van der Waals surface area contributed by atoms with Crippen LogP contribution in [-0.4, -0.2) is 38.0 Å². The molecule has 2 atom stereocenters. The molecule has 3 N–H and O–H groups in total. The molecule has 2 amide bonds. The number of nitrogens with one attached hydrogen (secondary N) is 3. The summed E-state index contributed by atoms with van der Waals surface area (Å²) in [5, 5.41) is 8.89. The van der Waals surface area contributed by atoms with Gasteiger partial charge < -0.3 is 16.0 Å². The molecule has 0 bridgehead atoms. The highest BCUT2D eigenvalue weighted by atomic mass is 19.1. The molecular formula is C19H28FN3O2. The molecule has 2 rings (SSSR count). The van der Waals surface area contributed by atoms with Gasteiger partial charge in [-0.1, -0.05) is 13.0 Å². The molecule has 1 heterocycles. The van der Waals surface area contributed by atoms with Crippen LogP contribution in [0.1, 0.15) is 42.1 Å². The van der Waals surface area contributed by atoms with E-state index < -0.39 is 5.82 Å². The molecule has 1 aromatic carbocycles. The van der Waals surface area contributed by atoms with Gasteiger partial charge in [0.15, 0.2) is 0 Å². The molecule has 1 saturated heterocycles. The van der Waals surface area contributed by atoms with E-state index in [1.807, 2.05) is 0 Å². The number of aryl methyl sites for hydroxylation is 1. The molecule has 0 spiro atoms. The van der Waals surface area contributed by atoms with Gasteiger partial charge in [0.2, 0.25) is 5.91 Å². The quantitative estimate of drug-likeness (QED) is 0.660. The SMILES string of the molecule is Cc1ccc(C(=O)NCCNC(=O)CC(C)C2CCCNC2)cc1F. The van der Waals surface area contributed by atoms with Crippen LogP contribution < -0.4 is 16.0 Å². The Kier molecular flexibility index (Phi) is 7.37. The van der Waals surface area contributed by atoms with E-state index in [0.29, 0.717) is 36.9 Å². The average molecular weight is 349 g/mol. The second kappa shape index (κ2) is 9.51. The minimum absolute atomic E-state index is 0.00806. The van der Waals surface area contributed by atoms with Gasteiger partial charge in [0.25, 0.3) is 5.91 Å². The van der Waals surface area contributed by atoms with Crippen LogP contribution >= 0.6 is 0 Å². The lowest BCUT2D eigenvalue weighted by molar-refractivity contribution is -0.122. The molecule has 2 unspecified atom stereocenters. The Hall–Kier alpha value is -1.95. The fraction of sp³-hybridized carbons (Fsp3) is 0.579. The van der Waals surface area contributed by atoms with Crippen LogP contribution in [0.4, 0.5) is 4.39 Å². The summed E-state index contributed by atoms with van der Waals surface area (Å²) in [5.41, 5.74) is 0.791. The number of amides is 2. The van der Waals surface area contributed by atoms with Crippen molar-refractivity contribution in [1.29, 1.82) is 0 Å². The van der Waals surface area contributed by atoms with Gasteiger partial charge in [-0.3, -0.25) is 9.59 Å². The van der Waals surface area contributed by atoms with E-state index in [1.165, 1.54) is 18.9 Å². The van der Waals surface area contributed by atoms with Crippen LogP contribution in [-0.2, 0) is 4.79 Å². The van der Waals surface area contributed by atoms with Crippen molar-refractivity contribution < 1.29 is 14.0 Å². The Bertz CT molecular complexity index is 600. The lowest BCUT2D eigenvalue weighted by Gasteiger charge is -2.28. The fourth-order valence-electron chi connectivity index (χ4n) is 3.11. The smallest absolute Gasteiger partial charge is 0.251 e. The van der Waals surface area contributed by atoms with Crippen molar-refractivity contribution in [3.63, 3.8) is 0 Å². The molecule has 25 heavy (non-hydrogen) atoms. The van der Waals surface area contributed by atoms with Crippen LogP contribution in [0, 0.1) is 24.6 Å². The molecule has 6 heteroatoms. The van der Waals surface area contributed by atoms with Crippen LogP contribution in [0.3, 0.4) is 0 Å². The standard InChI is InChI=1S/C19H28FN3O2/c1-13-5-6-15(11-17(13)20)19(25)23-9-8-22-18(24)10-14(2)16-4-3-7-21-12-16/h5-6,11,14,16,21H,3-4,7-10,12H2,1-2H3,(H,22,24)(H,23,25). The van der Waals surface area contributed by atoms with E-state index >= 15 is 0 Å². The minimum Gasteiger partial charge on any atom is -0.354 e. The third kappa shape index (κ3) is 6.12. The maximum absolute atomic E-state index is 13.5. The highest BCUT2D eigenvalue weighted by Gasteiger charge is 2.21. The van der Waals surface area contributed by atoms with Crippen LogP contribution in [0.25, 0.3) is 0 Å². The summed E-state index contributed by atoms with van der Waals surface area (Å²) < 4.78 is 13.5. The highest BCUT2D eigenvalue weighted by Crippen LogP contribution is 2.22. The van der Waals surface area contributed by atoms with E-state index in [1.54, 1.807) is 19.1 Å². The molecule has 138 valence electrons. The van der Waals surface area contributed by atoms with Crippen molar-refractivity contribution in [3.8, 4) is 0 Å². The molecule has 1 aliphatic rings. The van der Waals surface area contributed by atoms with Gasteiger partial charge in [0.1, 0.15) is 5.82 Å². The van der Waals surface area contributed by atoms with E-state index in [2.05, 4.69) is 22.9 Å². The molecule has 1 aliphatic heterocycles. The minimum atomic E-state index is -0.396. The van der Waals surface area contributed by atoms with E-state index in [-0.39, 0.29) is 17.4 Å². The Balaban J connectivity index is 1.65. The normalized spacial score (nSPS) is 18.4. The monoisotopic (exact) mass is 349 g/mol. The Morgan fingerprint density at radius 2 is 2.08 bits per heavy atom. The number of rotatable bonds is 7. The summed E-state index contributed by atoms with van der Waals surface area (Å²) in [6.45, 7) is 6.51. The third-order valence-corrected chi connectivity index (χ3v) is 4.81. The van der Waals surface area contributed by atoms with Crippen molar-refractivity contribution >= 4 is 11.8 Å². The summed E-state index contributed by atoms with van der Waals surface area (Å²) >= 11 is 0. The summed E-state index contributed by atoms with van der Waals surface area (Å²) in [6.07, 6.45) is 2.84. The first-order valence-electron chi connectivity index (χ1n) is 8.99. The number of piperidine rings is 1. The summed E-state index contributed by atoms with van der Waals surface area (Å²) in [5.74, 6) is 0.171. The number of hydrogen-bond donors (Lipinski definition) is 3. The fourth-order valence-corrected chi connectivity index (χ4v) is 3.11. The van der Waals surface area contributed by atoms with Crippen molar-refractivity contribution in [3.05, 3.63) is 35.1 Å². The number of carbonyl (C=O) groups is 2. The lowest BCUT2D eigenvalue weighted by atomic mass is 9.85. The Labute approximate surface area is 148 Å².